The van der Waals surface area contributed by atoms with E-state index in [9.17, 15) is 13.6 Å². The lowest BCUT2D eigenvalue weighted by molar-refractivity contribution is 0.0502. The average molecular weight is 299 g/mol. The van der Waals surface area contributed by atoms with Crippen LogP contribution in [0.25, 0.3) is 0 Å². The summed E-state index contributed by atoms with van der Waals surface area (Å²) >= 11 is 0. The van der Waals surface area contributed by atoms with E-state index in [2.05, 4.69) is 11.9 Å². The van der Waals surface area contributed by atoms with Gasteiger partial charge < -0.3 is 14.8 Å². The molecule has 0 saturated heterocycles. The molecule has 0 aliphatic heterocycles. The van der Waals surface area contributed by atoms with E-state index in [4.69, 9.17) is 9.47 Å². The van der Waals surface area contributed by atoms with Crippen LogP contribution in [0.2, 0.25) is 0 Å². The van der Waals surface area contributed by atoms with Gasteiger partial charge in [-0.15, -0.1) is 6.58 Å². The minimum Gasteiger partial charge on any atom is -0.491 e. The zero-order valence-corrected chi connectivity index (χ0v) is 12.3. The third kappa shape index (κ3) is 6.74. The van der Waals surface area contributed by atoms with Crippen molar-refractivity contribution in [3.8, 4) is 5.75 Å². The number of amides is 1. The number of nitrogens with one attached hydrogen (secondary N) is 1. The summed E-state index contributed by atoms with van der Waals surface area (Å²) in [4.78, 5) is 11.6. The first kappa shape index (κ1) is 16.9. The highest BCUT2D eigenvalue weighted by atomic mass is 19.1. The maximum Gasteiger partial charge on any atom is 0.408 e. The van der Waals surface area contributed by atoms with Crippen LogP contribution in [-0.4, -0.2) is 24.3 Å². The molecule has 1 aromatic rings. The van der Waals surface area contributed by atoms with Crippen molar-refractivity contribution < 1.29 is 23.0 Å². The van der Waals surface area contributed by atoms with Crippen molar-refractivity contribution >= 4 is 6.09 Å². The Morgan fingerprint density at radius 2 is 1.90 bits per heavy atom. The molecule has 1 rings (SSSR count). The topological polar surface area (TPSA) is 47.6 Å². The Labute approximate surface area is 122 Å². The summed E-state index contributed by atoms with van der Waals surface area (Å²) in [5.41, 5.74) is -0.623. The van der Waals surface area contributed by atoms with E-state index >= 15 is 0 Å². The number of carbonyl (C=O) groups is 1. The highest BCUT2D eigenvalue weighted by molar-refractivity contribution is 5.68. The molecule has 21 heavy (non-hydrogen) atoms. The van der Waals surface area contributed by atoms with Gasteiger partial charge in [0.25, 0.3) is 0 Å². The first-order chi connectivity index (χ1) is 9.69. The van der Waals surface area contributed by atoms with Gasteiger partial charge in [0, 0.05) is 18.2 Å². The predicted molar refractivity (Wildman–Crippen MR) is 75.2 cm³/mol. The molecule has 0 fully saturated rings. The van der Waals surface area contributed by atoms with Crippen molar-refractivity contribution in [2.45, 2.75) is 32.4 Å². The van der Waals surface area contributed by atoms with Crippen LogP contribution in [0.1, 0.15) is 20.8 Å². The van der Waals surface area contributed by atoms with Gasteiger partial charge in [0.15, 0.2) is 0 Å². The molecule has 1 amide bonds. The molecule has 1 unspecified atom stereocenters. The molecule has 0 spiro atoms. The van der Waals surface area contributed by atoms with Gasteiger partial charge in [-0.25, -0.2) is 13.6 Å². The highest BCUT2D eigenvalue weighted by Crippen LogP contribution is 2.15. The fraction of sp³-hybridized carbons (Fsp3) is 0.400. The van der Waals surface area contributed by atoms with Crippen LogP contribution < -0.4 is 10.1 Å². The summed E-state index contributed by atoms with van der Waals surface area (Å²) in [5.74, 6) is -1.44. The SMILES string of the molecule is C=CC(COc1cc(F)cc(F)c1)NC(=O)OC(C)(C)C. The molecule has 1 atom stereocenters. The van der Waals surface area contributed by atoms with Crippen LogP contribution in [0.4, 0.5) is 13.6 Å². The van der Waals surface area contributed by atoms with Crippen molar-refractivity contribution in [1.82, 2.24) is 5.32 Å². The molecular formula is C15H19F2NO3. The molecule has 0 saturated carbocycles. The smallest absolute Gasteiger partial charge is 0.408 e. The maximum absolute atomic E-state index is 13.0. The lowest BCUT2D eigenvalue weighted by Crippen LogP contribution is -2.41. The quantitative estimate of drug-likeness (QED) is 0.847. The molecule has 0 radical (unpaired) electrons. The summed E-state index contributed by atoms with van der Waals surface area (Å²) < 4.78 is 36.3. The van der Waals surface area contributed by atoms with E-state index in [0.29, 0.717) is 0 Å². The van der Waals surface area contributed by atoms with Gasteiger partial charge in [0.1, 0.15) is 29.6 Å². The average Bonchev–Trinajstić information content (AvgIpc) is 2.30. The Bertz CT molecular complexity index is 492. The molecule has 0 aromatic heterocycles. The fourth-order valence-electron chi connectivity index (χ4n) is 1.43. The van der Waals surface area contributed by atoms with Crippen molar-refractivity contribution in [1.29, 1.82) is 0 Å². The van der Waals surface area contributed by atoms with Crippen LogP contribution in [0.15, 0.2) is 30.9 Å². The Kier molecular flexibility index (Phi) is 5.69. The largest absolute Gasteiger partial charge is 0.491 e. The number of alkyl carbamates (subject to hydrolysis) is 1. The molecule has 0 aliphatic carbocycles. The van der Waals surface area contributed by atoms with E-state index < -0.39 is 29.4 Å². The van der Waals surface area contributed by atoms with Crippen LogP contribution in [0, 0.1) is 11.6 Å². The van der Waals surface area contributed by atoms with Crippen molar-refractivity contribution in [3.05, 3.63) is 42.5 Å². The zero-order chi connectivity index (χ0) is 16.0. The number of hydrogen-bond acceptors (Lipinski definition) is 3. The number of halogens is 2. The Hall–Kier alpha value is -2.11. The fourth-order valence-corrected chi connectivity index (χ4v) is 1.43. The highest BCUT2D eigenvalue weighted by Gasteiger charge is 2.18. The Morgan fingerprint density at radius 3 is 2.38 bits per heavy atom. The molecule has 0 heterocycles. The summed E-state index contributed by atoms with van der Waals surface area (Å²) in [6.45, 7) is 8.75. The summed E-state index contributed by atoms with van der Waals surface area (Å²) in [7, 11) is 0. The van der Waals surface area contributed by atoms with Gasteiger partial charge in [-0.05, 0) is 20.8 Å². The van der Waals surface area contributed by atoms with E-state index in [-0.39, 0.29) is 12.4 Å². The van der Waals surface area contributed by atoms with Crippen LogP contribution in [0.5, 0.6) is 5.75 Å². The van der Waals surface area contributed by atoms with Gasteiger partial charge in [-0.3, -0.25) is 0 Å². The number of ether oxygens (including phenoxy) is 2. The third-order valence-electron chi connectivity index (χ3n) is 2.25. The molecule has 116 valence electrons. The van der Waals surface area contributed by atoms with Gasteiger partial charge in [-0.2, -0.15) is 0 Å². The number of rotatable bonds is 5. The van der Waals surface area contributed by atoms with Crippen molar-refractivity contribution in [2.24, 2.45) is 0 Å². The lowest BCUT2D eigenvalue weighted by Gasteiger charge is -2.22. The first-order valence-corrected chi connectivity index (χ1v) is 6.40. The zero-order valence-electron chi connectivity index (χ0n) is 12.3. The monoisotopic (exact) mass is 299 g/mol. The second-order valence-corrected chi connectivity index (χ2v) is 5.40. The second-order valence-electron chi connectivity index (χ2n) is 5.40. The van der Waals surface area contributed by atoms with E-state index in [0.717, 1.165) is 18.2 Å². The third-order valence-corrected chi connectivity index (χ3v) is 2.25. The predicted octanol–water partition coefficient (Wildman–Crippen LogP) is 3.42. The molecule has 6 heteroatoms. The van der Waals surface area contributed by atoms with Crippen molar-refractivity contribution in [2.75, 3.05) is 6.61 Å². The van der Waals surface area contributed by atoms with Gasteiger partial charge in [0.2, 0.25) is 0 Å². The van der Waals surface area contributed by atoms with Crippen LogP contribution in [0.3, 0.4) is 0 Å². The first-order valence-electron chi connectivity index (χ1n) is 6.40. The molecule has 1 aromatic carbocycles. The molecule has 4 nitrogen and oxygen atoms in total. The molecule has 1 N–H and O–H groups in total. The standard InChI is InChI=1S/C15H19F2NO3/c1-5-12(18-14(19)21-15(2,3)4)9-20-13-7-10(16)6-11(17)8-13/h5-8,12H,1,9H2,2-4H3,(H,18,19). The van der Waals surface area contributed by atoms with Crippen molar-refractivity contribution in [3.63, 3.8) is 0 Å². The second kappa shape index (κ2) is 7.06. The van der Waals surface area contributed by atoms with Gasteiger partial charge >= 0.3 is 6.09 Å². The van der Waals surface area contributed by atoms with Crippen LogP contribution in [-0.2, 0) is 4.74 Å². The minimum absolute atomic E-state index is 0.0222. The lowest BCUT2D eigenvalue weighted by atomic mass is 10.2. The Morgan fingerprint density at radius 1 is 1.33 bits per heavy atom. The maximum atomic E-state index is 13.0. The molecule has 0 aliphatic rings. The molecule has 0 bridgehead atoms. The minimum atomic E-state index is -0.736. The summed E-state index contributed by atoms with van der Waals surface area (Å²) in [6.07, 6.45) is 0.820. The van der Waals surface area contributed by atoms with Gasteiger partial charge in [0.05, 0.1) is 6.04 Å². The summed E-state index contributed by atoms with van der Waals surface area (Å²) in [5, 5.41) is 2.53. The van der Waals surface area contributed by atoms with Crippen LogP contribution >= 0.6 is 0 Å². The number of hydrogen-bond donors (Lipinski definition) is 1. The number of carbonyl (C=O) groups excluding carboxylic acids is 1. The van der Waals surface area contributed by atoms with Gasteiger partial charge in [-0.1, -0.05) is 6.08 Å². The van der Waals surface area contributed by atoms with E-state index in [1.54, 1.807) is 20.8 Å². The normalized spacial score (nSPS) is 12.4. The van der Waals surface area contributed by atoms with E-state index in [1.807, 2.05) is 0 Å². The summed E-state index contributed by atoms with van der Waals surface area (Å²) in [6, 6.07) is 2.30. The number of benzene rings is 1. The Balaban J connectivity index is 2.54. The molecular weight excluding hydrogens is 280 g/mol. The van der Waals surface area contributed by atoms with E-state index in [1.165, 1.54) is 6.08 Å².